The van der Waals surface area contributed by atoms with Crippen LogP contribution in [0, 0.1) is 5.92 Å². The molecule has 4 nitrogen and oxygen atoms in total. The number of nitrogens with two attached hydrogens (primary N) is 1. The van der Waals surface area contributed by atoms with E-state index in [4.69, 9.17) is 5.73 Å². The van der Waals surface area contributed by atoms with E-state index in [1.165, 1.54) is 54.5 Å². The molecule has 0 saturated heterocycles. The minimum absolute atomic E-state index is 0.630. The largest absolute Gasteiger partial charge is 0.383 e. The van der Waals surface area contributed by atoms with Crippen LogP contribution in [0.3, 0.4) is 0 Å². The Kier molecular flexibility index (Phi) is 4.81. The number of nitrogen functional groups attached to an aromatic ring is 1. The zero-order chi connectivity index (χ0) is 19.1. The molecule has 2 aliphatic rings. The van der Waals surface area contributed by atoms with Crippen LogP contribution in [-0.2, 0) is 13.0 Å². The number of aromatic nitrogens is 2. The Labute approximate surface area is 170 Å². The highest BCUT2D eigenvalue weighted by atomic mass is 32.1. The summed E-state index contributed by atoms with van der Waals surface area (Å²) in [7, 11) is 2.30. The molecular formula is C23H28N4S. The fourth-order valence-electron chi connectivity index (χ4n) is 5.47. The summed E-state index contributed by atoms with van der Waals surface area (Å²) in [6, 6.07) is 11.5. The minimum Gasteiger partial charge on any atom is -0.383 e. The standard InChI is InChI=1S/C23H28N4S/c1-27(13-15-6-3-2-4-7-15)17-9-5-8-16(12-17)18-10-11-19-20(18)21-22(24)25-14-26-23(21)28-19/h2-4,6-7,14,16-18H,5,8-13H2,1H3,(H2,24,25,26)/t16?,17-,18?/m0/s1. The Hall–Kier alpha value is -1.98. The van der Waals surface area contributed by atoms with Crippen LogP contribution in [0.25, 0.3) is 10.2 Å². The van der Waals surface area contributed by atoms with Gasteiger partial charge in [0.05, 0.1) is 5.39 Å². The molecule has 2 unspecified atom stereocenters. The third-order valence-corrected chi connectivity index (χ3v) is 8.01. The minimum atomic E-state index is 0.630. The van der Waals surface area contributed by atoms with E-state index in [0.717, 1.165) is 22.7 Å². The van der Waals surface area contributed by atoms with Crippen LogP contribution in [-0.4, -0.2) is 28.0 Å². The first-order chi connectivity index (χ1) is 13.7. The fourth-order valence-corrected chi connectivity index (χ4v) is 6.70. The third kappa shape index (κ3) is 3.20. The van der Waals surface area contributed by atoms with Gasteiger partial charge in [0, 0.05) is 17.5 Å². The highest BCUT2D eigenvalue weighted by Crippen LogP contribution is 2.50. The summed E-state index contributed by atoms with van der Waals surface area (Å²) in [5.41, 5.74) is 9.18. The topological polar surface area (TPSA) is 55.0 Å². The molecule has 0 amide bonds. The predicted molar refractivity (Wildman–Crippen MR) is 117 cm³/mol. The van der Waals surface area contributed by atoms with Gasteiger partial charge in [0.15, 0.2) is 0 Å². The molecule has 2 heterocycles. The summed E-state index contributed by atoms with van der Waals surface area (Å²) in [6.07, 6.45) is 9.33. The lowest BCUT2D eigenvalue weighted by atomic mass is 9.75. The Morgan fingerprint density at radius 1 is 1.14 bits per heavy atom. The molecule has 5 heteroatoms. The van der Waals surface area contributed by atoms with Crippen molar-refractivity contribution in [1.29, 1.82) is 0 Å². The second-order valence-electron chi connectivity index (χ2n) is 8.50. The maximum Gasteiger partial charge on any atom is 0.135 e. The van der Waals surface area contributed by atoms with Crippen molar-refractivity contribution in [3.8, 4) is 0 Å². The van der Waals surface area contributed by atoms with E-state index in [2.05, 4.69) is 52.2 Å². The molecule has 3 atom stereocenters. The number of rotatable bonds is 4. The molecule has 2 N–H and O–H groups in total. The van der Waals surface area contributed by atoms with E-state index in [1.54, 1.807) is 6.33 Å². The van der Waals surface area contributed by atoms with Gasteiger partial charge in [-0.3, -0.25) is 4.90 Å². The van der Waals surface area contributed by atoms with Crippen LogP contribution in [0.4, 0.5) is 5.82 Å². The van der Waals surface area contributed by atoms with Crippen LogP contribution >= 0.6 is 11.3 Å². The fraction of sp³-hybridized carbons (Fsp3) is 0.478. The number of thiophene rings is 1. The van der Waals surface area contributed by atoms with E-state index in [1.807, 2.05) is 11.3 Å². The van der Waals surface area contributed by atoms with Crippen molar-refractivity contribution < 1.29 is 0 Å². The lowest BCUT2D eigenvalue weighted by Crippen LogP contribution is -2.36. The summed E-state index contributed by atoms with van der Waals surface area (Å²) >= 11 is 1.84. The highest BCUT2D eigenvalue weighted by Gasteiger charge is 2.37. The van der Waals surface area contributed by atoms with Crippen molar-refractivity contribution in [3.63, 3.8) is 0 Å². The first-order valence-electron chi connectivity index (χ1n) is 10.5. The van der Waals surface area contributed by atoms with Gasteiger partial charge in [-0.15, -0.1) is 11.3 Å². The lowest BCUT2D eigenvalue weighted by Gasteiger charge is -2.38. The molecule has 0 aliphatic heterocycles. The molecule has 1 saturated carbocycles. The van der Waals surface area contributed by atoms with Gasteiger partial charge in [-0.1, -0.05) is 36.8 Å². The first kappa shape index (κ1) is 18.1. The Balaban J connectivity index is 1.36. The first-order valence-corrected chi connectivity index (χ1v) is 11.3. The Morgan fingerprint density at radius 2 is 2.00 bits per heavy atom. The SMILES string of the molecule is CN(Cc1ccccc1)[C@H]1CCCC(C2CCc3sc4ncnc(N)c4c32)C1. The zero-order valence-corrected chi connectivity index (χ0v) is 17.3. The second-order valence-corrected chi connectivity index (χ2v) is 9.59. The molecule has 1 aromatic carbocycles. The van der Waals surface area contributed by atoms with E-state index in [9.17, 15) is 0 Å². The number of hydrogen-bond acceptors (Lipinski definition) is 5. The van der Waals surface area contributed by atoms with E-state index >= 15 is 0 Å². The van der Waals surface area contributed by atoms with Crippen molar-refractivity contribution in [1.82, 2.24) is 14.9 Å². The van der Waals surface area contributed by atoms with Gasteiger partial charge < -0.3 is 5.73 Å². The molecule has 2 aromatic heterocycles. The van der Waals surface area contributed by atoms with Gasteiger partial charge in [0.1, 0.15) is 17.0 Å². The number of nitrogens with zero attached hydrogens (tertiary/aromatic N) is 3. The van der Waals surface area contributed by atoms with Crippen molar-refractivity contribution in [2.75, 3.05) is 12.8 Å². The van der Waals surface area contributed by atoms with E-state index < -0.39 is 0 Å². The predicted octanol–water partition coefficient (Wildman–Crippen LogP) is 4.99. The molecule has 0 radical (unpaired) electrons. The molecule has 146 valence electrons. The van der Waals surface area contributed by atoms with Crippen LogP contribution < -0.4 is 5.73 Å². The van der Waals surface area contributed by atoms with E-state index in [-0.39, 0.29) is 0 Å². The van der Waals surface area contributed by atoms with E-state index in [0.29, 0.717) is 17.8 Å². The molecule has 28 heavy (non-hydrogen) atoms. The summed E-state index contributed by atoms with van der Waals surface area (Å²) in [5.74, 6) is 2.04. The number of aryl methyl sites for hydroxylation is 1. The quantitative estimate of drug-likeness (QED) is 0.679. The lowest BCUT2D eigenvalue weighted by molar-refractivity contribution is 0.139. The number of fused-ring (bicyclic) bond motifs is 3. The Bertz CT molecular complexity index is 967. The van der Waals surface area contributed by atoms with Gasteiger partial charge in [-0.2, -0.15) is 0 Å². The number of hydrogen-bond donors (Lipinski definition) is 1. The van der Waals surface area contributed by atoms with Crippen molar-refractivity contribution >= 4 is 27.4 Å². The van der Waals surface area contributed by atoms with Gasteiger partial charge in [0.2, 0.25) is 0 Å². The average molecular weight is 393 g/mol. The molecule has 0 bridgehead atoms. The van der Waals surface area contributed by atoms with Gasteiger partial charge in [0.25, 0.3) is 0 Å². The Morgan fingerprint density at radius 3 is 2.86 bits per heavy atom. The second kappa shape index (κ2) is 7.45. The average Bonchev–Trinajstić information content (AvgIpc) is 3.28. The van der Waals surface area contributed by atoms with Gasteiger partial charge >= 0.3 is 0 Å². The summed E-state index contributed by atoms with van der Waals surface area (Å²) in [4.78, 5) is 13.9. The summed E-state index contributed by atoms with van der Waals surface area (Å²) in [6.45, 7) is 1.04. The van der Waals surface area contributed by atoms with Crippen molar-refractivity contribution in [2.45, 2.75) is 57.0 Å². The van der Waals surface area contributed by atoms with Crippen molar-refractivity contribution in [2.24, 2.45) is 5.92 Å². The van der Waals surface area contributed by atoms with Crippen LogP contribution in [0.2, 0.25) is 0 Å². The smallest absolute Gasteiger partial charge is 0.135 e. The van der Waals surface area contributed by atoms with Crippen LogP contribution in [0.5, 0.6) is 0 Å². The molecule has 5 rings (SSSR count). The van der Waals surface area contributed by atoms with Crippen LogP contribution in [0.15, 0.2) is 36.7 Å². The maximum absolute atomic E-state index is 6.27. The highest BCUT2D eigenvalue weighted by molar-refractivity contribution is 7.19. The maximum atomic E-state index is 6.27. The number of anilines is 1. The molecule has 3 aromatic rings. The molecule has 1 fully saturated rings. The normalized spacial score (nSPS) is 24.7. The van der Waals surface area contributed by atoms with Gasteiger partial charge in [-0.25, -0.2) is 9.97 Å². The molecular weight excluding hydrogens is 364 g/mol. The van der Waals surface area contributed by atoms with Gasteiger partial charge in [-0.05, 0) is 62.1 Å². The summed E-state index contributed by atoms with van der Waals surface area (Å²) < 4.78 is 0. The van der Waals surface area contributed by atoms with Crippen molar-refractivity contribution in [3.05, 3.63) is 52.7 Å². The van der Waals surface area contributed by atoms with Crippen LogP contribution in [0.1, 0.15) is 54.0 Å². The number of benzene rings is 1. The summed E-state index contributed by atoms with van der Waals surface area (Å²) in [5, 5.41) is 1.16. The third-order valence-electron chi connectivity index (χ3n) is 6.84. The molecule has 0 spiro atoms. The monoisotopic (exact) mass is 392 g/mol. The zero-order valence-electron chi connectivity index (χ0n) is 16.5. The molecule has 2 aliphatic carbocycles.